The van der Waals surface area contributed by atoms with Crippen LogP contribution in [0.5, 0.6) is 0 Å². The second kappa shape index (κ2) is 10.2. The molecule has 1 saturated heterocycles. The minimum absolute atomic E-state index is 0.0266. The van der Waals surface area contributed by atoms with Crippen molar-refractivity contribution in [3.63, 3.8) is 0 Å². The Kier molecular flexibility index (Phi) is 8.16. The molecule has 1 aromatic carbocycles. The Morgan fingerprint density at radius 1 is 1.03 bits per heavy atom. The van der Waals surface area contributed by atoms with Gasteiger partial charge in [0.05, 0.1) is 0 Å². The van der Waals surface area contributed by atoms with Gasteiger partial charge in [-0.25, -0.2) is 9.59 Å². The number of nitrogens with one attached hydrogen (secondary N) is 1. The van der Waals surface area contributed by atoms with Crippen LogP contribution in [0.1, 0.15) is 26.3 Å². The molecular weight excluding hydrogens is 398 g/mol. The Bertz CT molecular complexity index is 706. The van der Waals surface area contributed by atoms with Gasteiger partial charge in [-0.05, 0) is 11.0 Å². The normalized spacial score (nSPS) is 27.8. The predicted octanol–water partition coefficient (Wildman–Crippen LogP) is -0.329. The van der Waals surface area contributed by atoms with Crippen molar-refractivity contribution in [2.45, 2.75) is 64.1 Å². The van der Waals surface area contributed by atoms with Gasteiger partial charge in [0.25, 0.3) is 0 Å². The molecule has 0 saturated carbocycles. The van der Waals surface area contributed by atoms with Crippen LogP contribution in [0.2, 0.25) is 0 Å². The Morgan fingerprint density at radius 2 is 1.67 bits per heavy atom. The topological polar surface area (TPSA) is 155 Å². The molecule has 5 N–H and O–H groups in total. The molecule has 0 unspecified atom stereocenters. The van der Waals surface area contributed by atoms with Gasteiger partial charge < -0.3 is 40.0 Å². The van der Waals surface area contributed by atoms with Crippen LogP contribution in [-0.4, -0.2) is 75.8 Å². The highest BCUT2D eigenvalue weighted by Gasteiger charge is 2.44. The van der Waals surface area contributed by atoms with Gasteiger partial charge in [0.1, 0.15) is 43.7 Å². The number of hydrogen-bond acceptors (Lipinski definition) is 9. The molecule has 10 nitrogen and oxygen atoms in total. The van der Waals surface area contributed by atoms with Crippen LogP contribution in [-0.2, 0) is 25.6 Å². The maximum absolute atomic E-state index is 12.6. The second-order valence-electron chi connectivity index (χ2n) is 8.17. The number of carbonyl (C=O) groups excluding carboxylic acids is 2. The summed E-state index contributed by atoms with van der Waals surface area (Å²) in [7, 11) is 0. The van der Waals surface area contributed by atoms with Gasteiger partial charge in [0.15, 0.2) is 6.29 Å². The fraction of sp³-hybridized carbons (Fsp3) is 0.600. The van der Waals surface area contributed by atoms with Crippen molar-refractivity contribution in [2.75, 3.05) is 6.61 Å². The third kappa shape index (κ3) is 6.38. The lowest BCUT2D eigenvalue weighted by atomic mass is 9.87. The lowest BCUT2D eigenvalue weighted by molar-refractivity contribution is -0.287. The lowest BCUT2D eigenvalue weighted by Crippen LogP contribution is -2.59. The lowest BCUT2D eigenvalue weighted by Gasteiger charge is -2.38. The molecule has 1 amide bonds. The van der Waals surface area contributed by atoms with Gasteiger partial charge >= 0.3 is 12.1 Å². The summed E-state index contributed by atoms with van der Waals surface area (Å²) in [6.45, 7) is 4.66. The van der Waals surface area contributed by atoms with E-state index in [4.69, 9.17) is 14.2 Å². The number of amides is 1. The minimum Gasteiger partial charge on any atom is -0.461 e. The Labute approximate surface area is 174 Å². The molecule has 168 valence electrons. The minimum atomic E-state index is -1.74. The number of benzene rings is 1. The molecule has 1 aliphatic heterocycles. The zero-order chi connectivity index (χ0) is 22.5. The third-order valence-electron chi connectivity index (χ3n) is 4.65. The highest BCUT2D eigenvalue weighted by molar-refractivity contribution is 5.82. The Hall–Kier alpha value is -2.24. The predicted molar refractivity (Wildman–Crippen MR) is 103 cm³/mol. The maximum atomic E-state index is 12.6. The van der Waals surface area contributed by atoms with E-state index in [-0.39, 0.29) is 6.61 Å². The van der Waals surface area contributed by atoms with E-state index in [0.717, 1.165) is 5.56 Å². The van der Waals surface area contributed by atoms with Gasteiger partial charge in [-0.15, -0.1) is 0 Å². The number of hydrogen-bond donors (Lipinski definition) is 5. The fourth-order valence-corrected chi connectivity index (χ4v) is 2.83. The maximum Gasteiger partial charge on any atom is 0.408 e. The van der Waals surface area contributed by atoms with E-state index in [0.29, 0.717) is 0 Å². The first-order chi connectivity index (χ1) is 14.0. The molecule has 1 aromatic rings. The summed E-state index contributed by atoms with van der Waals surface area (Å²) in [5, 5.41) is 41.2. The summed E-state index contributed by atoms with van der Waals surface area (Å²) in [5.41, 5.74) is 0.0506. The fourth-order valence-electron chi connectivity index (χ4n) is 2.83. The summed E-state index contributed by atoms with van der Waals surface area (Å²) in [6, 6.07) is 7.94. The van der Waals surface area contributed by atoms with Gasteiger partial charge in [-0.2, -0.15) is 0 Å². The highest BCUT2D eigenvalue weighted by atomic mass is 16.7. The number of rotatable bonds is 6. The van der Waals surface area contributed by atoms with Crippen molar-refractivity contribution >= 4 is 12.1 Å². The number of alkyl carbamates (subject to hydrolysis) is 1. The molecule has 1 aliphatic rings. The van der Waals surface area contributed by atoms with Crippen LogP contribution in [0.25, 0.3) is 0 Å². The Morgan fingerprint density at radius 3 is 2.27 bits per heavy atom. The van der Waals surface area contributed by atoms with Crippen molar-refractivity contribution < 1.29 is 44.2 Å². The Balaban J connectivity index is 1.92. The van der Waals surface area contributed by atoms with Gasteiger partial charge in [-0.3, -0.25) is 0 Å². The summed E-state index contributed by atoms with van der Waals surface area (Å²) in [4.78, 5) is 24.7. The van der Waals surface area contributed by atoms with E-state index in [1.807, 2.05) is 6.07 Å². The smallest absolute Gasteiger partial charge is 0.408 e. The first-order valence-electron chi connectivity index (χ1n) is 9.52. The highest BCUT2D eigenvalue weighted by Crippen LogP contribution is 2.23. The van der Waals surface area contributed by atoms with Crippen LogP contribution < -0.4 is 5.32 Å². The summed E-state index contributed by atoms with van der Waals surface area (Å²) in [6.07, 6.45) is -8.73. The summed E-state index contributed by atoms with van der Waals surface area (Å²) < 4.78 is 15.2. The monoisotopic (exact) mass is 427 g/mol. The zero-order valence-electron chi connectivity index (χ0n) is 17.1. The van der Waals surface area contributed by atoms with E-state index in [2.05, 4.69) is 5.32 Å². The average Bonchev–Trinajstić information content (AvgIpc) is 2.70. The van der Waals surface area contributed by atoms with E-state index in [9.17, 15) is 30.0 Å². The van der Waals surface area contributed by atoms with E-state index < -0.39 is 60.8 Å². The van der Waals surface area contributed by atoms with E-state index in [1.165, 1.54) is 0 Å². The number of ether oxygens (including phenoxy) is 3. The van der Waals surface area contributed by atoms with Crippen molar-refractivity contribution in [2.24, 2.45) is 5.41 Å². The van der Waals surface area contributed by atoms with Crippen molar-refractivity contribution in [3.8, 4) is 0 Å². The molecule has 0 spiro atoms. The standard InChI is InChI=1S/C20H29NO9/c1-20(2,3)16(21-19(27)29-9-11-7-5-4-6-8-11)18(26)28-10-12-13(22)14(23)15(24)17(25)30-12/h4-8,12-17,22-25H,9-10H2,1-3H3,(H,21,27)/t12-,13-,14+,15+,16+,17-/m1/s1. The molecule has 6 atom stereocenters. The molecule has 0 radical (unpaired) electrons. The molecule has 2 rings (SSSR count). The quantitative estimate of drug-likeness (QED) is 0.384. The molecule has 1 heterocycles. The van der Waals surface area contributed by atoms with Gasteiger partial charge in [-0.1, -0.05) is 51.1 Å². The van der Waals surface area contributed by atoms with Crippen molar-refractivity contribution in [3.05, 3.63) is 35.9 Å². The van der Waals surface area contributed by atoms with Crippen molar-refractivity contribution in [1.29, 1.82) is 0 Å². The molecule has 10 heteroatoms. The molecule has 0 bridgehead atoms. The third-order valence-corrected chi connectivity index (χ3v) is 4.65. The van der Waals surface area contributed by atoms with Crippen LogP contribution in [0, 0.1) is 5.41 Å². The van der Waals surface area contributed by atoms with Crippen LogP contribution >= 0.6 is 0 Å². The SMILES string of the molecule is CC(C)(C)[C@@H](NC(=O)OCc1ccccc1)C(=O)OC[C@H]1O[C@@H](O)[C@@H](O)[C@@H](O)[C@@H]1O. The summed E-state index contributed by atoms with van der Waals surface area (Å²) >= 11 is 0. The summed E-state index contributed by atoms with van der Waals surface area (Å²) in [5.74, 6) is -0.815. The molecular formula is C20H29NO9. The van der Waals surface area contributed by atoms with Crippen LogP contribution in [0.15, 0.2) is 30.3 Å². The molecule has 1 fully saturated rings. The second-order valence-corrected chi connectivity index (χ2v) is 8.17. The van der Waals surface area contributed by atoms with Crippen LogP contribution in [0.3, 0.4) is 0 Å². The number of carbonyl (C=O) groups is 2. The molecule has 30 heavy (non-hydrogen) atoms. The number of aliphatic hydroxyl groups excluding tert-OH is 4. The molecule has 0 aromatic heterocycles. The number of aliphatic hydroxyl groups is 4. The van der Waals surface area contributed by atoms with E-state index in [1.54, 1.807) is 45.0 Å². The van der Waals surface area contributed by atoms with Gasteiger partial charge in [0.2, 0.25) is 0 Å². The van der Waals surface area contributed by atoms with Crippen LogP contribution in [0.4, 0.5) is 4.79 Å². The largest absolute Gasteiger partial charge is 0.461 e. The zero-order valence-corrected chi connectivity index (χ0v) is 17.1. The number of esters is 1. The molecule has 0 aliphatic carbocycles. The van der Waals surface area contributed by atoms with E-state index >= 15 is 0 Å². The first kappa shape index (κ1) is 24.0. The van der Waals surface area contributed by atoms with Gasteiger partial charge in [0, 0.05) is 0 Å². The first-order valence-corrected chi connectivity index (χ1v) is 9.52. The van der Waals surface area contributed by atoms with Crippen molar-refractivity contribution in [1.82, 2.24) is 5.32 Å². The average molecular weight is 427 g/mol.